The van der Waals surface area contributed by atoms with E-state index >= 15 is 0 Å². The minimum atomic E-state index is -4.59. The highest BCUT2D eigenvalue weighted by Gasteiger charge is 2.33. The third-order valence-corrected chi connectivity index (χ3v) is 3.77. The fraction of sp³-hybridized carbons (Fsp3) is 0.0909. The molecular formula is C11H6Cl2F3N3S. The van der Waals surface area contributed by atoms with E-state index in [0.717, 1.165) is 17.8 Å². The van der Waals surface area contributed by atoms with Crippen LogP contribution in [0.2, 0.25) is 10.0 Å². The molecule has 1 aromatic carbocycles. The van der Waals surface area contributed by atoms with Gasteiger partial charge >= 0.3 is 6.18 Å². The summed E-state index contributed by atoms with van der Waals surface area (Å²) in [6.45, 7) is 0. The van der Waals surface area contributed by atoms with Gasteiger partial charge < -0.3 is 5.73 Å². The highest BCUT2D eigenvalue weighted by Crippen LogP contribution is 2.36. The lowest BCUT2D eigenvalue weighted by molar-refractivity contribution is -0.141. The van der Waals surface area contributed by atoms with Crippen molar-refractivity contribution in [2.24, 2.45) is 0 Å². The minimum absolute atomic E-state index is 0.0361. The van der Waals surface area contributed by atoms with E-state index in [0.29, 0.717) is 14.9 Å². The largest absolute Gasteiger partial charge is 0.433 e. The zero-order chi connectivity index (χ0) is 14.9. The van der Waals surface area contributed by atoms with Gasteiger partial charge in [0, 0.05) is 16.0 Å². The van der Waals surface area contributed by atoms with Crippen LogP contribution < -0.4 is 5.73 Å². The first-order valence-corrected chi connectivity index (χ1v) is 6.67. The number of nitrogens with zero attached hydrogens (tertiary/aromatic N) is 2. The van der Waals surface area contributed by atoms with E-state index in [9.17, 15) is 13.2 Å². The van der Waals surface area contributed by atoms with Gasteiger partial charge in [-0.15, -0.1) is 0 Å². The molecular weight excluding hydrogens is 334 g/mol. The third kappa shape index (κ3) is 3.68. The van der Waals surface area contributed by atoms with Gasteiger partial charge in [0.15, 0.2) is 5.69 Å². The summed E-state index contributed by atoms with van der Waals surface area (Å²) >= 11 is 12.7. The van der Waals surface area contributed by atoms with E-state index < -0.39 is 17.8 Å². The molecule has 2 N–H and O–H groups in total. The average Bonchev–Trinajstić information content (AvgIpc) is 2.32. The highest BCUT2D eigenvalue weighted by atomic mass is 35.5. The van der Waals surface area contributed by atoms with Crippen LogP contribution >= 0.6 is 35.0 Å². The first kappa shape index (κ1) is 15.2. The SMILES string of the molecule is Nc1nc(Sc2cc(Cl)ccc2Cl)cc(C(F)(F)F)n1. The number of alkyl halides is 3. The number of hydrogen-bond acceptors (Lipinski definition) is 4. The molecule has 0 spiro atoms. The summed E-state index contributed by atoms with van der Waals surface area (Å²) in [6.07, 6.45) is -4.59. The van der Waals surface area contributed by atoms with Gasteiger partial charge in [0.2, 0.25) is 5.95 Å². The van der Waals surface area contributed by atoms with Crippen LogP contribution in [0.5, 0.6) is 0 Å². The van der Waals surface area contributed by atoms with Gasteiger partial charge in [-0.2, -0.15) is 13.2 Å². The number of aromatic nitrogens is 2. The first-order chi connectivity index (χ1) is 9.25. The van der Waals surface area contributed by atoms with Crippen LogP contribution in [0.4, 0.5) is 19.1 Å². The minimum Gasteiger partial charge on any atom is -0.368 e. The summed E-state index contributed by atoms with van der Waals surface area (Å²) in [7, 11) is 0. The Hall–Kier alpha value is -1.18. The van der Waals surface area contributed by atoms with Crippen molar-refractivity contribution >= 4 is 40.9 Å². The van der Waals surface area contributed by atoms with Crippen molar-refractivity contribution in [2.75, 3.05) is 5.73 Å². The summed E-state index contributed by atoms with van der Waals surface area (Å²) in [5.74, 6) is -0.458. The Kier molecular flexibility index (Phi) is 4.31. The normalized spacial score (nSPS) is 11.7. The van der Waals surface area contributed by atoms with Crippen molar-refractivity contribution in [1.29, 1.82) is 0 Å². The summed E-state index contributed by atoms with van der Waals surface area (Å²) in [5.41, 5.74) is 4.18. The van der Waals surface area contributed by atoms with Gasteiger partial charge in [-0.05, 0) is 18.2 Å². The molecule has 9 heteroatoms. The highest BCUT2D eigenvalue weighted by molar-refractivity contribution is 7.99. The molecule has 0 saturated heterocycles. The Morgan fingerprint density at radius 3 is 2.45 bits per heavy atom. The van der Waals surface area contributed by atoms with Crippen LogP contribution in [0.25, 0.3) is 0 Å². The van der Waals surface area contributed by atoms with Crippen molar-refractivity contribution in [3.63, 3.8) is 0 Å². The van der Waals surface area contributed by atoms with E-state index in [1.54, 1.807) is 12.1 Å². The molecule has 106 valence electrons. The maximum absolute atomic E-state index is 12.6. The molecule has 20 heavy (non-hydrogen) atoms. The lowest BCUT2D eigenvalue weighted by Crippen LogP contribution is -2.11. The summed E-state index contributed by atoms with van der Waals surface area (Å²) < 4.78 is 37.9. The molecule has 0 unspecified atom stereocenters. The van der Waals surface area contributed by atoms with Crippen LogP contribution in [0.15, 0.2) is 34.2 Å². The molecule has 0 saturated carbocycles. The zero-order valence-corrected chi connectivity index (χ0v) is 11.9. The fourth-order valence-corrected chi connectivity index (χ4v) is 2.66. The molecule has 2 aromatic rings. The average molecular weight is 340 g/mol. The van der Waals surface area contributed by atoms with Crippen LogP contribution in [-0.4, -0.2) is 9.97 Å². The van der Waals surface area contributed by atoms with E-state index in [4.69, 9.17) is 28.9 Å². The smallest absolute Gasteiger partial charge is 0.368 e. The van der Waals surface area contributed by atoms with E-state index in [-0.39, 0.29) is 5.03 Å². The number of nitrogens with two attached hydrogens (primary N) is 1. The number of benzene rings is 1. The fourth-order valence-electron chi connectivity index (χ4n) is 1.31. The zero-order valence-electron chi connectivity index (χ0n) is 9.58. The molecule has 0 bridgehead atoms. The third-order valence-electron chi connectivity index (χ3n) is 2.12. The summed E-state index contributed by atoms with van der Waals surface area (Å²) in [4.78, 5) is 7.37. The molecule has 0 atom stereocenters. The number of halogens is 5. The van der Waals surface area contributed by atoms with Gasteiger partial charge in [0.25, 0.3) is 0 Å². The van der Waals surface area contributed by atoms with Gasteiger partial charge in [-0.3, -0.25) is 0 Å². The number of nitrogen functional groups attached to an aromatic ring is 1. The Labute approximate surface area is 126 Å². The topological polar surface area (TPSA) is 51.8 Å². The Bertz CT molecular complexity index is 649. The van der Waals surface area contributed by atoms with Crippen molar-refractivity contribution in [1.82, 2.24) is 9.97 Å². The van der Waals surface area contributed by atoms with E-state index in [1.807, 2.05) is 0 Å². The van der Waals surface area contributed by atoms with Gasteiger partial charge in [0.1, 0.15) is 5.03 Å². The van der Waals surface area contributed by atoms with Crippen molar-refractivity contribution in [3.8, 4) is 0 Å². The molecule has 1 heterocycles. The van der Waals surface area contributed by atoms with Crippen molar-refractivity contribution in [2.45, 2.75) is 16.1 Å². The molecule has 3 nitrogen and oxygen atoms in total. The summed E-state index contributed by atoms with van der Waals surface area (Å²) in [6, 6.07) is 5.45. The molecule has 2 rings (SSSR count). The second-order valence-corrected chi connectivity index (χ2v) is 5.53. The first-order valence-electron chi connectivity index (χ1n) is 5.10. The second-order valence-electron chi connectivity index (χ2n) is 3.62. The predicted molar refractivity (Wildman–Crippen MR) is 72.0 cm³/mol. The van der Waals surface area contributed by atoms with Crippen LogP contribution in [0.1, 0.15) is 5.69 Å². The lowest BCUT2D eigenvalue weighted by Gasteiger charge is -2.09. The number of anilines is 1. The Balaban J connectivity index is 2.39. The van der Waals surface area contributed by atoms with Crippen LogP contribution in [0, 0.1) is 0 Å². The van der Waals surface area contributed by atoms with E-state index in [2.05, 4.69) is 9.97 Å². The second kappa shape index (κ2) is 5.67. The quantitative estimate of drug-likeness (QED) is 0.816. The van der Waals surface area contributed by atoms with Gasteiger partial charge in [-0.25, -0.2) is 9.97 Å². The Morgan fingerprint density at radius 2 is 1.80 bits per heavy atom. The molecule has 0 aliphatic rings. The van der Waals surface area contributed by atoms with Crippen molar-refractivity contribution in [3.05, 3.63) is 40.0 Å². The lowest BCUT2D eigenvalue weighted by atomic mass is 10.4. The molecule has 0 radical (unpaired) electrons. The standard InChI is InChI=1S/C11H6Cl2F3N3S/c12-5-1-2-6(13)7(3-5)20-9-4-8(11(14,15)16)18-10(17)19-9/h1-4H,(H2,17,18,19). The maximum Gasteiger partial charge on any atom is 0.433 e. The Morgan fingerprint density at radius 1 is 1.10 bits per heavy atom. The monoisotopic (exact) mass is 339 g/mol. The predicted octanol–water partition coefficient (Wildman–Crippen LogP) is 4.54. The molecule has 1 aromatic heterocycles. The van der Waals surface area contributed by atoms with Crippen molar-refractivity contribution < 1.29 is 13.2 Å². The maximum atomic E-state index is 12.6. The molecule has 0 aliphatic heterocycles. The van der Waals surface area contributed by atoms with E-state index in [1.165, 1.54) is 6.07 Å². The van der Waals surface area contributed by atoms with Gasteiger partial charge in [-0.1, -0.05) is 35.0 Å². The van der Waals surface area contributed by atoms with Crippen LogP contribution in [-0.2, 0) is 6.18 Å². The molecule has 0 amide bonds. The van der Waals surface area contributed by atoms with Gasteiger partial charge in [0.05, 0.1) is 5.02 Å². The molecule has 0 aliphatic carbocycles. The summed E-state index contributed by atoms with van der Waals surface area (Å²) in [5, 5.41) is 0.800. The number of hydrogen-bond donors (Lipinski definition) is 1. The van der Waals surface area contributed by atoms with Crippen LogP contribution in [0.3, 0.4) is 0 Å². The molecule has 0 fully saturated rings. The number of rotatable bonds is 2.